The normalized spacial score (nSPS) is 12.3. The molecule has 0 aromatic heterocycles. The zero-order valence-electron chi connectivity index (χ0n) is 12.2. The second kappa shape index (κ2) is 6.20. The van der Waals surface area contributed by atoms with Crippen molar-refractivity contribution in [3.05, 3.63) is 64.2 Å². The van der Waals surface area contributed by atoms with Crippen LogP contribution >= 0.6 is 0 Å². The average molecular weight is 292 g/mol. The molecule has 21 heavy (non-hydrogen) atoms. The number of aryl methyl sites for hydroxylation is 2. The first-order valence-electron chi connectivity index (χ1n) is 6.54. The van der Waals surface area contributed by atoms with E-state index >= 15 is 0 Å². The van der Waals surface area contributed by atoms with Crippen molar-refractivity contribution in [2.45, 2.75) is 19.9 Å². The van der Waals surface area contributed by atoms with E-state index in [0.29, 0.717) is 16.9 Å². The van der Waals surface area contributed by atoms with E-state index in [1.165, 1.54) is 19.2 Å². The molecule has 2 rings (SSSR count). The summed E-state index contributed by atoms with van der Waals surface area (Å²) in [4.78, 5) is 0. The summed E-state index contributed by atoms with van der Waals surface area (Å²) in [6.07, 6.45) is 0. The zero-order valence-corrected chi connectivity index (χ0v) is 12.2. The van der Waals surface area contributed by atoms with Crippen LogP contribution in [0.4, 0.5) is 8.78 Å². The van der Waals surface area contributed by atoms with Gasteiger partial charge in [0.1, 0.15) is 17.4 Å². The summed E-state index contributed by atoms with van der Waals surface area (Å²) >= 11 is 0. The molecule has 3 N–H and O–H groups in total. The van der Waals surface area contributed by atoms with Crippen LogP contribution in [-0.2, 0) is 0 Å². The summed E-state index contributed by atoms with van der Waals surface area (Å²) < 4.78 is 33.7. The third-order valence-electron chi connectivity index (χ3n) is 3.47. The lowest BCUT2D eigenvalue weighted by molar-refractivity contribution is 0.401. The summed E-state index contributed by atoms with van der Waals surface area (Å²) in [6, 6.07) is 7.21. The van der Waals surface area contributed by atoms with Gasteiger partial charge in [-0.3, -0.25) is 5.84 Å². The maximum atomic E-state index is 14.3. The highest BCUT2D eigenvalue weighted by Crippen LogP contribution is 2.33. The third-order valence-corrected chi connectivity index (χ3v) is 3.47. The van der Waals surface area contributed by atoms with Crippen molar-refractivity contribution >= 4 is 0 Å². The van der Waals surface area contributed by atoms with Crippen molar-refractivity contribution in [3.63, 3.8) is 0 Å². The van der Waals surface area contributed by atoms with E-state index in [4.69, 9.17) is 10.6 Å². The number of nitrogens with one attached hydrogen (secondary N) is 1. The number of methoxy groups -OCH3 is 1. The number of nitrogens with two attached hydrogens (primary N) is 1. The van der Waals surface area contributed by atoms with Gasteiger partial charge in [-0.15, -0.1) is 0 Å². The summed E-state index contributed by atoms with van der Waals surface area (Å²) in [5, 5.41) is 0. The van der Waals surface area contributed by atoms with Gasteiger partial charge in [0.25, 0.3) is 0 Å². The van der Waals surface area contributed by atoms with E-state index in [9.17, 15) is 8.78 Å². The second-order valence-corrected chi connectivity index (χ2v) is 4.94. The zero-order chi connectivity index (χ0) is 15.6. The first-order valence-corrected chi connectivity index (χ1v) is 6.54. The largest absolute Gasteiger partial charge is 0.496 e. The molecule has 0 aliphatic carbocycles. The number of ether oxygens (including phenoxy) is 1. The van der Waals surface area contributed by atoms with Gasteiger partial charge in [0.15, 0.2) is 0 Å². The average Bonchev–Trinajstić information content (AvgIpc) is 2.47. The molecule has 0 heterocycles. The summed E-state index contributed by atoms with van der Waals surface area (Å²) in [6.45, 7) is 3.47. The minimum absolute atomic E-state index is 0.110. The molecular formula is C16H18F2N2O. The van der Waals surface area contributed by atoms with Gasteiger partial charge in [-0.2, -0.15) is 0 Å². The summed E-state index contributed by atoms with van der Waals surface area (Å²) in [5.74, 6) is 4.82. The van der Waals surface area contributed by atoms with E-state index in [0.717, 1.165) is 5.56 Å². The number of hydrogen-bond acceptors (Lipinski definition) is 3. The molecule has 2 aromatic carbocycles. The Morgan fingerprint density at radius 1 is 1.14 bits per heavy atom. The van der Waals surface area contributed by atoms with Crippen molar-refractivity contribution in [3.8, 4) is 5.75 Å². The van der Waals surface area contributed by atoms with Gasteiger partial charge in [-0.1, -0.05) is 23.8 Å². The highest BCUT2D eigenvalue weighted by Gasteiger charge is 2.25. The van der Waals surface area contributed by atoms with Gasteiger partial charge < -0.3 is 4.74 Å². The molecule has 0 amide bonds. The molecule has 1 atom stereocenters. The lowest BCUT2D eigenvalue weighted by atomic mass is 9.94. The Morgan fingerprint density at radius 2 is 1.86 bits per heavy atom. The third kappa shape index (κ3) is 2.89. The topological polar surface area (TPSA) is 47.3 Å². The van der Waals surface area contributed by atoms with Gasteiger partial charge >= 0.3 is 0 Å². The van der Waals surface area contributed by atoms with Crippen molar-refractivity contribution in [1.82, 2.24) is 5.43 Å². The number of hydrogen-bond donors (Lipinski definition) is 2. The van der Waals surface area contributed by atoms with Gasteiger partial charge in [0.05, 0.1) is 13.2 Å². The Labute approximate surface area is 122 Å². The molecule has 0 saturated heterocycles. The Kier molecular flexibility index (Phi) is 4.55. The van der Waals surface area contributed by atoms with E-state index in [1.54, 1.807) is 19.1 Å². The van der Waals surface area contributed by atoms with Crippen molar-refractivity contribution < 1.29 is 13.5 Å². The van der Waals surface area contributed by atoms with Crippen LogP contribution in [0.15, 0.2) is 30.3 Å². The first-order chi connectivity index (χ1) is 9.99. The molecule has 0 radical (unpaired) electrons. The molecule has 0 aliphatic rings. The Morgan fingerprint density at radius 3 is 2.48 bits per heavy atom. The number of halogens is 2. The molecule has 5 heteroatoms. The van der Waals surface area contributed by atoms with Crippen LogP contribution in [0, 0.1) is 25.5 Å². The van der Waals surface area contributed by atoms with Crippen molar-refractivity contribution in [2.24, 2.45) is 5.84 Å². The lowest BCUT2D eigenvalue weighted by Gasteiger charge is -2.21. The van der Waals surface area contributed by atoms with E-state index in [2.05, 4.69) is 5.43 Å². The first kappa shape index (κ1) is 15.4. The molecule has 3 nitrogen and oxygen atoms in total. The van der Waals surface area contributed by atoms with E-state index in [-0.39, 0.29) is 5.56 Å². The molecule has 1 unspecified atom stereocenters. The lowest BCUT2D eigenvalue weighted by Crippen LogP contribution is -2.31. The van der Waals surface area contributed by atoms with Crippen LogP contribution in [-0.4, -0.2) is 7.11 Å². The monoisotopic (exact) mass is 292 g/mol. The van der Waals surface area contributed by atoms with Crippen molar-refractivity contribution in [2.75, 3.05) is 7.11 Å². The summed E-state index contributed by atoms with van der Waals surface area (Å²) in [7, 11) is 1.50. The number of benzene rings is 2. The molecular weight excluding hydrogens is 274 g/mol. The maximum absolute atomic E-state index is 14.3. The molecule has 0 aliphatic heterocycles. The smallest absolute Gasteiger partial charge is 0.134 e. The van der Waals surface area contributed by atoms with Crippen LogP contribution in [0.3, 0.4) is 0 Å². The Balaban J connectivity index is 2.66. The van der Waals surface area contributed by atoms with Crippen LogP contribution < -0.4 is 16.0 Å². The maximum Gasteiger partial charge on any atom is 0.134 e. The second-order valence-electron chi connectivity index (χ2n) is 4.94. The fourth-order valence-electron chi connectivity index (χ4n) is 2.35. The minimum Gasteiger partial charge on any atom is -0.496 e. The minimum atomic E-state index is -0.834. The fraction of sp³-hybridized carbons (Fsp3) is 0.250. The van der Waals surface area contributed by atoms with Crippen molar-refractivity contribution in [1.29, 1.82) is 0 Å². The van der Waals surface area contributed by atoms with Gasteiger partial charge in [0, 0.05) is 11.1 Å². The van der Waals surface area contributed by atoms with Gasteiger partial charge in [-0.25, -0.2) is 14.2 Å². The predicted octanol–water partition coefficient (Wildman–Crippen LogP) is 3.14. The SMILES string of the molecule is COc1ccc(C)cc1C(NN)c1c(F)ccc(C)c1F. The van der Waals surface area contributed by atoms with E-state index < -0.39 is 17.7 Å². The quantitative estimate of drug-likeness (QED) is 0.672. The number of rotatable bonds is 4. The van der Waals surface area contributed by atoms with Crippen LogP contribution in [0.25, 0.3) is 0 Å². The molecule has 0 fully saturated rings. The molecule has 0 saturated carbocycles. The Hall–Kier alpha value is -1.98. The molecule has 0 bridgehead atoms. The van der Waals surface area contributed by atoms with Crippen LogP contribution in [0.2, 0.25) is 0 Å². The van der Waals surface area contributed by atoms with Gasteiger partial charge in [-0.05, 0) is 31.5 Å². The van der Waals surface area contributed by atoms with Crippen LogP contribution in [0.5, 0.6) is 5.75 Å². The van der Waals surface area contributed by atoms with Crippen LogP contribution in [0.1, 0.15) is 28.3 Å². The predicted molar refractivity (Wildman–Crippen MR) is 78.0 cm³/mol. The fourth-order valence-corrected chi connectivity index (χ4v) is 2.35. The highest BCUT2D eigenvalue weighted by molar-refractivity contribution is 5.45. The summed E-state index contributed by atoms with van der Waals surface area (Å²) in [5.41, 5.74) is 4.27. The standard InChI is InChI=1S/C16H18F2N2O/c1-9-4-7-13(21-3)11(8-9)16(20-19)14-12(17)6-5-10(2)15(14)18/h4-8,16,20H,19H2,1-3H3. The highest BCUT2D eigenvalue weighted by atomic mass is 19.1. The number of hydrazine groups is 1. The van der Waals surface area contributed by atoms with Gasteiger partial charge in [0.2, 0.25) is 0 Å². The Bertz CT molecular complexity index is 659. The molecule has 0 spiro atoms. The molecule has 112 valence electrons. The van der Waals surface area contributed by atoms with E-state index in [1.807, 2.05) is 13.0 Å². The molecule has 2 aromatic rings.